The second-order valence-electron chi connectivity index (χ2n) is 7.38. The van der Waals surface area contributed by atoms with E-state index in [1.54, 1.807) is 6.07 Å². The van der Waals surface area contributed by atoms with E-state index in [4.69, 9.17) is 20.6 Å². The van der Waals surface area contributed by atoms with Gasteiger partial charge in [-0.2, -0.15) is 0 Å². The molecule has 1 amide bonds. The van der Waals surface area contributed by atoms with Crippen LogP contribution in [-0.4, -0.2) is 66.0 Å². The molecule has 2 heterocycles. The van der Waals surface area contributed by atoms with Gasteiger partial charge in [0.1, 0.15) is 23.8 Å². The average Bonchev–Trinajstić information content (AvgIpc) is 3.29. The van der Waals surface area contributed by atoms with Gasteiger partial charge in [0.15, 0.2) is 5.96 Å². The van der Waals surface area contributed by atoms with Crippen molar-refractivity contribution in [2.75, 3.05) is 33.3 Å². The Morgan fingerprint density at radius 2 is 2.04 bits per heavy atom. The molecule has 1 aliphatic rings. The highest BCUT2D eigenvalue weighted by Gasteiger charge is 2.19. The minimum Gasteiger partial charge on any atom is -0.492 e. The van der Waals surface area contributed by atoms with E-state index >= 15 is 0 Å². The second kappa shape index (κ2) is 8.52. The van der Waals surface area contributed by atoms with Gasteiger partial charge in [0.25, 0.3) is 5.91 Å². The van der Waals surface area contributed by atoms with E-state index in [2.05, 4.69) is 9.88 Å². The summed E-state index contributed by atoms with van der Waals surface area (Å²) in [4.78, 5) is 19.1. The SMILES string of the molecule is CC(C)Oc1cc(OCCN2CCCC2)cc2[nH]c(C(=O)N(C)C(=N)N)cc12. The molecule has 1 aliphatic heterocycles. The van der Waals surface area contributed by atoms with Crippen LogP contribution < -0.4 is 15.2 Å². The number of nitrogens with two attached hydrogens (primary N) is 1. The fourth-order valence-corrected chi connectivity index (χ4v) is 3.32. The van der Waals surface area contributed by atoms with E-state index < -0.39 is 0 Å². The summed E-state index contributed by atoms with van der Waals surface area (Å²) in [6.07, 6.45) is 2.50. The molecule has 2 aromatic rings. The molecule has 0 radical (unpaired) electrons. The van der Waals surface area contributed by atoms with E-state index in [9.17, 15) is 4.79 Å². The molecule has 0 spiro atoms. The molecule has 8 heteroatoms. The Morgan fingerprint density at radius 3 is 2.68 bits per heavy atom. The van der Waals surface area contributed by atoms with E-state index in [0.717, 1.165) is 35.4 Å². The van der Waals surface area contributed by atoms with E-state index in [1.807, 2.05) is 26.0 Å². The summed E-state index contributed by atoms with van der Waals surface area (Å²) in [6, 6.07) is 5.46. The lowest BCUT2D eigenvalue weighted by atomic mass is 10.2. The number of hydrogen-bond acceptors (Lipinski definition) is 5. The molecule has 1 aromatic heterocycles. The molecular weight excluding hydrogens is 358 g/mol. The Hall–Kier alpha value is -2.74. The molecule has 0 bridgehead atoms. The number of H-pyrrole nitrogens is 1. The van der Waals surface area contributed by atoms with Gasteiger partial charge in [0.2, 0.25) is 0 Å². The Labute approximate surface area is 165 Å². The van der Waals surface area contributed by atoms with Crippen molar-refractivity contribution in [3.8, 4) is 11.5 Å². The topological polar surface area (TPSA) is 108 Å². The van der Waals surface area contributed by atoms with Crippen LogP contribution in [0.2, 0.25) is 0 Å². The molecule has 28 heavy (non-hydrogen) atoms. The number of hydrogen-bond donors (Lipinski definition) is 3. The fourth-order valence-electron chi connectivity index (χ4n) is 3.32. The van der Waals surface area contributed by atoms with Crippen molar-refractivity contribution in [2.24, 2.45) is 5.73 Å². The van der Waals surface area contributed by atoms with Gasteiger partial charge in [0.05, 0.1) is 11.6 Å². The van der Waals surface area contributed by atoms with Crippen molar-refractivity contribution in [1.29, 1.82) is 5.41 Å². The van der Waals surface area contributed by atoms with Gasteiger partial charge in [-0.3, -0.25) is 20.0 Å². The molecule has 0 unspecified atom stereocenters. The number of ether oxygens (including phenoxy) is 2. The lowest BCUT2D eigenvalue weighted by molar-refractivity contribution is 0.0864. The maximum absolute atomic E-state index is 12.5. The summed E-state index contributed by atoms with van der Waals surface area (Å²) in [5, 5.41) is 8.24. The number of benzene rings is 1. The zero-order chi connectivity index (χ0) is 20.3. The van der Waals surface area contributed by atoms with Crippen LogP contribution in [0.5, 0.6) is 11.5 Å². The number of carbonyl (C=O) groups is 1. The standard InChI is InChI=1S/C20H29N5O3/c1-13(2)28-18-11-14(27-9-8-25-6-4-5-7-25)10-16-15(18)12-17(23-16)19(26)24(3)20(21)22/h10-13,23H,4-9H2,1-3H3,(H3,21,22). The van der Waals surface area contributed by atoms with Crippen LogP contribution in [0.4, 0.5) is 0 Å². The number of fused-ring (bicyclic) bond motifs is 1. The number of aromatic nitrogens is 1. The summed E-state index contributed by atoms with van der Waals surface area (Å²) < 4.78 is 11.9. The van der Waals surface area contributed by atoms with E-state index in [0.29, 0.717) is 23.8 Å². The minimum atomic E-state index is -0.379. The van der Waals surface area contributed by atoms with Crippen LogP contribution in [0, 0.1) is 5.41 Å². The third kappa shape index (κ3) is 4.56. The minimum absolute atomic E-state index is 0.0167. The maximum atomic E-state index is 12.5. The molecule has 8 nitrogen and oxygen atoms in total. The normalized spacial score (nSPS) is 14.6. The molecular formula is C20H29N5O3. The zero-order valence-corrected chi connectivity index (χ0v) is 16.7. The molecule has 0 saturated carbocycles. The lowest BCUT2D eigenvalue weighted by Gasteiger charge is -2.16. The number of guanidine groups is 1. The van der Waals surface area contributed by atoms with Crippen LogP contribution in [0.1, 0.15) is 37.2 Å². The third-order valence-electron chi connectivity index (χ3n) is 4.81. The molecule has 1 saturated heterocycles. The molecule has 0 atom stereocenters. The summed E-state index contributed by atoms with van der Waals surface area (Å²) in [5.41, 5.74) is 6.51. The summed E-state index contributed by atoms with van der Waals surface area (Å²) in [6.45, 7) is 7.68. The van der Waals surface area contributed by atoms with Gasteiger partial charge in [-0.1, -0.05) is 0 Å². The first-order valence-electron chi connectivity index (χ1n) is 9.66. The predicted molar refractivity (Wildman–Crippen MR) is 109 cm³/mol. The number of nitrogens with zero attached hydrogens (tertiary/aromatic N) is 2. The Balaban J connectivity index is 1.84. The first-order valence-corrected chi connectivity index (χ1v) is 9.66. The van der Waals surface area contributed by atoms with E-state index in [1.165, 1.54) is 19.9 Å². The van der Waals surface area contributed by atoms with Gasteiger partial charge < -0.3 is 20.2 Å². The second-order valence-corrected chi connectivity index (χ2v) is 7.38. The first-order chi connectivity index (χ1) is 13.3. The van der Waals surface area contributed by atoms with Crippen molar-refractivity contribution in [3.05, 3.63) is 23.9 Å². The third-order valence-corrected chi connectivity index (χ3v) is 4.81. The van der Waals surface area contributed by atoms with Gasteiger partial charge in [-0.15, -0.1) is 0 Å². The largest absolute Gasteiger partial charge is 0.492 e. The number of aromatic amines is 1. The van der Waals surface area contributed by atoms with Crippen LogP contribution >= 0.6 is 0 Å². The zero-order valence-electron chi connectivity index (χ0n) is 16.7. The van der Waals surface area contributed by atoms with Crippen LogP contribution in [-0.2, 0) is 0 Å². The van der Waals surface area contributed by atoms with Gasteiger partial charge in [-0.05, 0) is 45.8 Å². The quantitative estimate of drug-likeness (QED) is 0.499. The molecule has 1 aromatic carbocycles. The average molecular weight is 387 g/mol. The Kier molecular flexibility index (Phi) is 6.08. The number of likely N-dealkylation sites (tertiary alicyclic amines) is 1. The van der Waals surface area contributed by atoms with Crippen LogP contribution in [0.15, 0.2) is 18.2 Å². The monoisotopic (exact) mass is 387 g/mol. The summed E-state index contributed by atoms with van der Waals surface area (Å²) in [5.74, 6) is 0.663. The highest BCUT2D eigenvalue weighted by atomic mass is 16.5. The Morgan fingerprint density at radius 1 is 1.32 bits per heavy atom. The fraction of sp³-hybridized carbons (Fsp3) is 0.500. The van der Waals surface area contributed by atoms with Crippen molar-refractivity contribution in [1.82, 2.24) is 14.8 Å². The summed E-state index contributed by atoms with van der Waals surface area (Å²) >= 11 is 0. The van der Waals surface area contributed by atoms with Crippen molar-refractivity contribution < 1.29 is 14.3 Å². The molecule has 4 N–H and O–H groups in total. The lowest BCUT2D eigenvalue weighted by Crippen LogP contribution is -2.38. The van der Waals surface area contributed by atoms with Gasteiger partial charge in [0, 0.05) is 31.1 Å². The predicted octanol–water partition coefficient (Wildman–Crippen LogP) is 2.40. The van der Waals surface area contributed by atoms with Crippen molar-refractivity contribution in [2.45, 2.75) is 32.8 Å². The highest BCUT2D eigenvalue weighted by molar-refractivity contribution is 6.06. The van der Waals surface area contributed by atoms with Crippen molar-refractivity contribution in [3.63, 3.8) is 0 Å². The Bertz CT molecular complexity index is 855. The molecule has 3 rings (SSSR count). The smallest absolute Gasteiger partial charge is 0.276 e. The number of carbonyl (C=O) groups excluding carboxylic acids is 1. The molecule has 1 fully saturated rings. The molecule has 152 valence electrons. The van der Waals surface area contributed by atoms with Crippen molar-refractivity contribution >= 4 is 22.8 Å². The van der Waals surface area contributed by atoms with E-state index in [-0.39, 0.29) is 18.0 Å². The number of nitrogens with one attached hydrogen (secondary N) is 2. The number of amides is 1. The number of rotatable bonds is 7. The van der Waals surface area contributed by atoms with Crippen LogP contribution in [0.25, 0.3) is 10.9 Å². The maximum Gasteiger partial charge on any atom is 0.276 e. The first kappa shape index (κ1) is 20.0. The van der Waals surface area contributed by atoms with Crippen LogP contribution in [0.3, 0.4) is 0 Å². The highest BCUT2D eigenvalue weighted by Crippen LogP contribution is 2.33. The summed E-state index contributed by atoms with van der Waals surface area (Å²) in [7, 11) is 1.47. The van der Waals surface area contributed by atoms with Gasteiger partial charge >= 0.3 is 0 Å². The molecule has 0 aliphatic carbocycles. The van der Waals surface area contributed by atoms with Gasteiger partial charge in [-0.25, -0.2) is 0 Å².